The lowest BCUT2D eigenvalue weighted by Crippen LogP contribution is -2.46. The van der Waals surface area contributed by atoms with Crippen LogP contribution in [-0.4, -0.2) is 54.1 Å². The number of anilines is 1. The summed E-state index contributed by atoms with van der Waals surface area (Å²) in [7, 11) is 2.12. The van der Waals surface area contributed by atoms with Crippen LogP contribution in [0.4, 0.5) is 5.82 Å². The topological polar surface area (TPSA) is 66.9 Å². The highest BCUT2D eigenvalue weighted by Crippen LogP contribution is 2.19. The Morgan fingerprint density at radius 1 is 1.27 bits per heavy atom. The van der Waals surface area contributed by atoms with Gasteiger partial charge in [-0.05, 0) is 38.6 Å². The Morgan fingerprint density at radius 3 is 2.68 bits per heavy atom. The van der Waals surface area contributed by atoms with E-state index in [2.05, 4.69) is 16.8 Å². The Hall–Kier alpha value is -1.92. The van der Waals surface area contributed by atoms with Gasteiger partial charge in [-0.1, -0.05) is 6.07 Å². The van der Waals surface area contributed by atoms with Crippen LogP contribution in [0.2, 0.25) is 0 Å². The zero-order valence-electron chi connectivity index (χ0n) is 13.2. The van der Waals surface area contributed by atoms with Gasteiger partial charge in [-0.3, -0.25) is 9.20 Å². The SMILES string of the molecule is Cc1cccn2c(=O)c(CCN)c(N3CCN(C)CC3)nc12. The van der Waals surface area contributed by atoms with Gasteiger partial charge in [-0.15, -0.1) is 0 Å². The first-order valence-corrected chi connectivity index (χ1v) is 7.76. The highest BCUT2D eigenvalue weighted by atomic mass is 16.1. The molecule has 6 heteroatoms. The Morgan fingerprint density at radius 2 is 2.00 bits per heavy atom. The van der Waals surface area contributed by atoms with Gasteiger partial charge in [0.1, 0.15) is 11.5 Å². The summed E-state index contributed by atoms with van der Waals surface area (Å²) in [4.78, 5) is 22.2. The third kappa shape index (κ3) is 2.60. The lowest BCUT2D eigenvalue weighted by atomic mass is 10.1. The lowest BCUT2D eigenvalue weighted by molar-refractivity contribution is 0.312. The van der Waals surface area contributed by atoms with Gasteiger partial charge in [0.15, 0.2) is 0 Å². The average Bonchev–Trinajstić information content (AvgIpc) is 2.52. The van der Waals surface area contributed by atoms with Crippen LogP contribution >= 0.6 is 0 Å². The molecule has 0 amide bonds. The molecule has 0 bridgehead atoms. The molecule has 2 N–H and O–H groups in total. The minimum atomic E-state index is 0.00748. The molecule has 0 unspecified atom stereocenters. The standard InChI is InChI=1S/C16H23N5O/c1-12-4-3-7-21-14(12)18-15(13(5-6-17)16(21)22)20-10-8-19(2)9-11-20/h3-4,7H,5-6,8-11,17H2,1-2H3. The van der Waals surface area contributed by atoms with Gasteiger partial charge in [0.2, 0.25) is 0 Å². The number of pyridine rings is 1. The van der Waals surface area contributed by atoms with E-state index in [0.717, 1.165) is 48.8 Å². The molecule has 0 radical (unpaired) electrons. The van der Waals surface area contributed by atoms with E-state index < -0.39 is 0 Å². The summed E-state index contributed by atoms with van der Waals surface area (Å²) in [6.45, 7) is 6.19. The molecule has 118 valence electrons. The van der Waals surface area contributed by atoms with Gasteiger partial charge in [-0.25, -0.2) is 4.98 Å². The number of hydrogen-bond acceptors (Lipinski definition) is 5. The summed E-state index contributed by atoms with van der Waals surface area (Å²) in [5.74, 6) is 0.817. The Labute approximate surface area is 130 Å². The summed E-state index contributed by atoms with van der Waals surface area (Å²) < 4.78 is 1.64. The molecule has 1 fully saturated rings. The third-order valence-corrected chi connectivity index (χ3v) is 4.32. The van der Waals surface area contributed by atoms with E-state index in [1.54, 1.807) is 10.6 Å². The highest BCUT2D eigenvalue weighted by Gasteiger charge is 2.21. The minimum absolute atomic E-state index is 0.00748. The van der Waals surface area contributed by atoms with Gasteiger partial charge in [0, 0.05) is 32.4 Å². The quantitative estimate of drug-likeness (QED) is 0.880. The second kappa shape index (κ2) is 6.06. The maximum atomic E-state index is 12.8. The average molecular weight is 301 g/mol. The van der Waals surface area contributed by atoms with Gasteiger partial charge in [0.25, 0.3) is 5.56 Å². The van der Waals surface area contributed by atoms with Crippen LogP contribution in [0.1, 0.15) is 11.1 Å². The molecule has 6 nitrogen and oxygen atoms in total. The van der Waals surface area contributed by atoms with Crippen LogP contribution in [0, 0.1) is 6.92 Å². The van der Waals surface area contributed by atoms with E-state index >= 15 is 0 Å². The summed E-state index contributed by atoms with van der Waals surface area (Å²) in [5, 5.41) is 0. The molecule has 0 aromatic carbocycles. The van der Waals surface area contributed by atoms with E-state index in [1.807, 2.05) is 19.1 Å². The number of nitrogens with zero attached hydrogens (tertiary/aromatic N) is 4. The molecule has 0 aliphatic carbocycles. The molecule has 0 spiro atoms. The third-order valence-electron chi connectivity index (χ3n) is 4.32. The lowest BCUT2D eigenvalue weighted by Gasteiger charge is -2.34. The molecule has 2 aromatic rings. The molecule has 1 aliphatic heterocycles. The predicted molar refractivity (Wildman–Crippen MR) is 88.7 cm³/mol. The number of piperazine rings is 1. The predicted octanol–water partition coefficient (Wildman–Crippen LogP) is 0.256. The van der Waals surface area contributed by atoms with Crippen molar-refractivity contribution in [3.63, 3.8) is 0 Å². The van der Waals surface area contributed by atoms with Gasteiger partial charge >= 0.3 is 0 Å². The van der Waals surface area contributed by atoms with Gasteiger partial charge < -0.3 is 15.5 Å². The highest BCUT2D eigenvalue weighted by molar-refractivity contribution is 5.57. The largest absolute Gasteiger partial charge is 0.354 e. The molecule has 3 heterocycles. The fraction of sp³-hybridized carbons (Fsp3) is 0.500. The van der Waals surface area contributed by atoms with Crippen molar-refractivity contribution in [3.8, 4) is 0 Å². The summed E-state index contributed by atoms with van der Waals surface area (Å²) in [5.41, 5.74) is 8.21. The maximum absolute atomic E-state index is 12.8. The van der Waals surface area contributed by atoms with E-state index in [1.165, 1.54) is 0 Å². The van der Waals surface area contributed by atoms with Gasteiger partial charge in [-0.2, -0.15) is 0 Å². The van der Waals surface area contributed by atoms with Gasteiger partial charge in [0.05, 0.1) is 5.56 Å². The summed E-state index contributed by atoms with van der Waals surface area (Å²) in [6, 6.07) is 3.87. The van der Waals surface area contributed by atoms with E-state index in [9.17, 15) is 4.79 Å². The van der Waals surface area contributed by atoms with Crippen molar-refractivity contribution in [1.29, 1.82) is 0 Å². The molecule has 2 aromatic heterocycles. The van der Waals surface area contributed by atoms with Crippen molar-refractivity contribution in [2.45, 2.75) is 13.3 Å². The normalized spacial score (nSPS) is 16.4. The van der Waals surface area contributed by atoms with E-state index in [-0.39, 0.29) is 5.56 Å². The Balaban J connectivity index is 2.16. The zero-order chi connectivity index (χ0) is 15.7. The molecule has 0 atom stereocenters. The Kier molecular flexibility index (Phi) is 4.13. The first-order chi connectivity index (χ1) is 10.6. The van der Waals surface area contributed by atoms with Crippen molar-refractivity contribution >= 4 is 11.5 Å². The Bertz CT molecular complexity index is 731. The first-order valence-electron chi connectivity index (χ1n) is 7.76. The molecule has 22 heavy (non-hydrogen) atoms. The second-order valence-electron chi connectivity index (χ2n) is 5.93. The fourth-order valence-corrected chi connectivity index (χ4v) is 2.97. The van der Waals surface area contributed by atoms with Crippen LogP contribution in [0.3, 0.4) is 0 Å². The molecule has 1 saturated heterocycles. The summed E-state index contributed by atoms with van der Waals surface area (Å²) in [6.07, 6.45) is 2.34. The number of hydrogen-bond donors (Lipinski definition) is 1. The van der Waals surface area contributed by atoms with E-state index in [4.69, 9.17) is 10.7 Å². The molecule has 1 aliphatic rings. The van der Waals surface area contributed by atoms with Crippen molar-refractivity contribution in [3.05, 3.63) is 39.8 Å². The van der Waals surface area contributed by atoms with Crippen molar-refractivity contribution in [2.24, 2.45) is 5.73 Å². The van der Waals surface area contributed by atoms with Crippen molar-refractivity contribution in [1.82, 2.24) is 14.3 Å². The zero-order valence-corrected chi connectivity index (χ0v) is 13.2. The summed E-state index contributed by atoms with van der Waals surface area (Å²) >= 11 is 0. The number of likely N-dealkylation sites (N-methyl/N-ethyl adjacent to an activating group) is 1. The molecule has 0 saturated carbocycles. The van der Waals surface area contributed by atoms with Crippen LogP contribution in [0.5, 0.6) is 0 Å². The van der Waals surface area contributed by atoms with Crippen molar-refractivity contribution < 1.29 is 0 Å². The van der Waals surface area contributed by atoms with Crippen LogP contribution in [0.15, 0.2) is 23.1 Å². The van der Waals surface area contributed by atoms with Crippen LogP contribution in [0.25, 0.3) is 5.65 Å². The van der Waals surface area contributed by atoms with E-state index in [0.29, 0.717) is 13.0 Å². The van der Waals surface area contributed by atoms with Crippen molar-refractivity contribution in [2.75, 3.05) is 44.7 Å². The van der Waals surface area contributed by atoms with Crippen LogP contribution < -0.4 is 16.2 Å². The van der Waals surface area contributed by atoms with Crippen LogP contribution in [-0.2, 0) is 6.42 Å². The first kappa shape index (κ1) is 15.0. The number of nitrogens with two attached hydrogens (primary N) is 1. The minimum Gasteiger partial charge on any atom is -0.354 e. The smallest absolute Gasteiger partial charge is 0.263 e. The number of fused-ring (bicyclic) bond motifs is 1. The number of aryl methyl sites for hydroxylation is 1. The number of rotatable bonds is 3. The number of aromatic nitrogens is 2. The maximum Gasteiger partial charge on any atom is 0.263 e. The molecule has 3 rings (SSSR count). The fourth-order valence-electron chi connectivity index (χ4n) is 2.97. The molecular weight excluding hydrogens is 278 g/mol. The molecular formula is C16H23N5O. The monoisotopic (exact) mass is 301 g/mol. The second-order valence-corrected chi connectivity index (χ2v) is 5.93.